The first kappa shape index (κ1) is 18.2. The van der Waals surface area contributed by atoms with Gasteiger partial charge in [0.1, 0.15) is 5.01 Å². The van der Waals surface area contributed by atoms with Gasteiger partial charge in [-0.2, -0.15) is 4.98 Å². The topological polar surface area (TPSA) is 93.8 Å². The molecule has 3 aromatic rings. The minimum absolute atomic E-state index is 0.142. The van der Waals surface area contributed by atoms with Crippen LogP contribution in [0.4, 0.5) is 5.13 Å². The van der Waals surface area contributed by atoms with Gasteiger partial charge in [0.25, 0.3) is 0 Å². The third kappa shape index (κ3) is 4.51. The largest absolute Gasteiger partial charge is 0.339 e. The number of anilines is 1. The molecule has 0 saturated heterocycles. The highest BCUT2D eigenvalue weighted by atomic mass is 32.1. The number of nitrogens with zero attached hydrogens (tertiary/aromatic N) is 4. The predicted octanol–water partition coefficient (Wildman–Crippen LogP) is 4.06. The molecule has 0 atom stereocenters. The summed E-state index contributed by atoms with van der Waals surface area (Å²) in [4.78, 5) is 16.4. The van der Waals surface area contributed by atoms with Crippen LogP contribution in [0.25, 0.3) is 11.4 Å². The van der Waals surface area contributed by atoms with Crippen molar-refractivity contribution in [1.29, 1.82) is 0 Å². The Hall–Kier alpha value is -2.61. The Morgan fingerprint density at radius 3 is 2.69 bits per heavy atom. The van der Waals surface area contributed by atoms with Crippen molar-refractivity contribution in [3.05, 3.63) is 41.2 Å². The zero-order valence-electron chi connectivity index (χ0n) is 14.8. The Balaban J connectivity index is 1.52. The number of nitrogens with one attached hydrogen (secondary N) is 1. The molecule has 2 heterocycles. The number of aromatic nitrogens is 4. The van der Waals surface area contributed by atoms with Gasteiger partial charge in [0.15, 0.2) is 0 Å². The van der Waals surface area contributed by atoms with E-state index in [1.165, 1.54) is 11.3 Å². The molecule has 3 rings (SSSR count). The van der Waals surface area contributed by atoms with Crippen molar-refractivity contribution < 1.29 is 9.32 Å². The van der Waals surface area contributed by atoms with E-state index in [-0.39, 0.29) is 12.3 Å². The summed E-state index contributed by atoms with van der Waals surface area (Å²) in [6, 6.07) is 9.58. The minimum Gasteiger partial charge on any atom is -0.339 e. The van der Waals surface area contributed by atoms with Crippen molar-refractivity contribution in [3.63, 3.8) is 0 Å². The molecule has 0 radical (unpaired) electrons. The van der Waals surface area contributed by atoms with Gasteiger partial charge in [0.05, 0.1) is 0 Å². The second-order valence-electron chi connectivity index (χ2n) is 5.88. The Morgan fingerprint density at radius 2 is 1.96 bits per heavy atom. The Bertz CT molecular complexity index is 842. The van der Waals surface area contributed by atoms with Crippen LogP contribution in [0, 0.1) is 0 Å². The smallest absolute Gasteiger partial charge is 0.227 e. The zero-order valence-corrected chi connectivity index (χ0v) is 15.6. The zero-order chi connectivity index (χ0) is 18.4. The SMILES string of the molecule is CCC(CC)c1nnc(NC(=O)CCc2nc(-c3ccccc3)no2)s1. The standard InChI is InChI=1S/C18H21N5O2S/c1-3-12(4-2)17-21-22-18(26-17)19-14(24)10-11-15-20-16(23-25-15)13-8-6-5-7-9-13/h5-9,12H,3-4,10-11H2,1-2H3,(H,19,22,24). The lowest BCUT2D eigenvalue weighted by Gasteiger charge is -2.05. The Morgan fingerprint density at radius 1 is 1.19 bits per heavy atom. The summed E-state index contributed by atoms with van der Waals surface area (Å²) in [6.07, 6.45) is 2.65. The highest BCUT2D eigenvalue weighted by Crippen LogP contribution is 2.28. The number of benzene rings is 1. The van der Waals surface area contributed by atoms with E-state index in [1.54, 1.807) is 0 Å². The molecular weight excluding hydrogens is 350 g/mol. The van der Waals surface area contributed by atoms with Gasteiger partial charge in [-0.3, -0.25) is 4.79 Å². The molecule has 0 aliphatic carbocycles. The summed E-state index contributed by atoms with van der Waals surface area (Å²) in [5, 5.41) is 16.5. The Kier molecular flexibility index (Phi) is 6.06. The van der Waals surface area contributed by atoms with E-state index in [2.05, 4.69) is 39.5 Å². The van der Waals surface area contributed by atoms with Gasteiger partial charge in [0.2, 0.25) is 22.8 Å². The second kappa shape index (κ2) is 8.66. The normalized spacial score (nSPS) is 11.0. The monoisotopic (exact) mass is 371 g/mol. The molecule has 1 amide bonds. The molecule has 0 aliphatic heterocycles. The van der Waals surface area contributed by atoms with Gasteiger partial charge < -0.3 is 9.84 Å². The van der Waals surface area contributed by atoms with Gasteiger partial charge >= 0.3 is 0 Å². The summed E-state index contributed by atoms with van der Waals surface area (Å²) >= 11 is 1.44. The molecule has 0 saturated carbocycles. The number of hydrogen-bond donors (Lipinski definition) is 1. The van der Waals surface area contributed by atoms with Crippen LogP contribution < -0.4 is 5.32 Å². The third-order valence-corrected chi connectivity index (χ3v) is 5.09. The second-order valence-corrected chi connectivity index (χ2v) is 6.89. The maximum absolute atomic E-state index is 12.1. The highest BCUT2D eigenvalue weighted by molar-refractivity contribution is 7.15. The van der Waals surface area contributed by atoms with Crippen molar-refractivity contribution in [2.75, 3.05) is 5.32 Å². The first-order valence-corrected chi connectivity index (χ1v) is 9.52. The molecule has 1 N–H and O–H groups in total. The van der Waals surface area contributed by atoms with E-state index >= 15 is 0 Å². The van der Waals surface area contributed by atoms with E-state index in [4.69, 9.17) is 4.52 Å². The Labute approximate surface area is 155 Å². The highest BCUT2D eigenvalue weighted by Gasteiger charge is 2.15. The molecule has 0 aliphatic rings. The van der Waals surface area contributed by atoms with Crippen LogP contribution in [0.15, 0.2) is 34.9 Å². The molecule has 136 valence electrons. The van der Waals surface area contributed by atoms with Gasteiger partial charge in [-0.25, -0.2) is 0 Å². The molecule has 0 fully saturated rings. The number of hydrogen-bond acceptors (Lipinski definition) is 7. The number of carbonyl (C=O) groups is 1. The summed E-state index contributed by atoms with van der Waals surface area (Å²) in [7, 11) is 0. The van der Waals surface area contributed by atoms with Crippen molar-refractivity contribution in [2.24, 2.45) is 0 Å². The number of amides is 1. The van der Waals surface area contributed by atoms with Gasteiger partial charge in [-0.1, -0.05) is 60.7 Å². The van der Waals surface area contributed by atoms with Gasteiger partial charge in [0, 0.05) is 24.3 Å². The summed E-state index contributed by atoms with van der Waals surface area (Å²) < 4.78 is 5.22. The van der Waals surface area contributed by atoms with Crippen molar-refractivity contribution >= 4 is 22.4 Å². The first-order chi connectivity index (χ1) is 12.7. The lowest BCUT2D eigenvalue weighted by atomic mass is 10.1. The molecule has 7 nitrogen and oxygen atoms in total. The predicted molar refractivity (Wildman–Crippen MR) is 99.9 cm³/mol. The van der Waals surface area contributed by atoms with Crippen LogP contribution in [-0.2, 0) is 11.2 Å². The van der Waals surface area contributed by atoms with Crippen LogP contribution in [0.5, 0.6) is 0 Å². The molecular formula is C18H21N5O2S. The molecule has 0 spiro atoms. The lowest BCUT2D eigenvalue weighted by molar-refractivity contribution is -0.116. The fraction of sp³-hybridized carbons (Fsp3) is 0.389. The van der Waals surface area contributed by atoms with Gasteiger partial charge in [-0.05, 0) is 12.8 Å². The van der Waals surface area contributed by atoms with Crippen molar-refractivity contribution in [2.45, 2.75) is 45.4 Å². The van der Waals surface area contributed by atoms with E-state index < -0.39 is 0 Å². The van der Waals surface area contributed by atoms with Crippen LogP contribution in [0.2, 0.25) is 0 Å². The van der Waals surface area contributed by atoms with E-state index in [0.29, 0.717) is 29.2 Å². The molecule has 1 aromatic carbocycles. The van der Waals surface area contributed by atoms with Crippen LogP contribution >= 0.6 is 11.3 Å². The average Bonchev–Trinajstić information content (AvgIpc) is 3.32. The number of aryl methyl sites for hydroxylation is 1. The van der Waals surface area contributed by atoms with Crippen LogP contribution in [-0.4, -0.2) is 26.2 Å². The third-order valence-electron chi connectivity index (χ3n) is 4.09. The number of carbonyl (C=O) groups excluding carboxylic acids is 1. The van der Waals surface area contributed by atoms with E-state index in [9.17, 15) is 4.79 Å². The summed E-state index contributed by atoms with van der Waals surface area (Å²) in [5.41, 5.74) is 0.884. The molecule has 8 heteroatoms. The minimum atomic E-state index is -0.142. The van der Waals surface area contributed by atoms with Crippen LogP contribution in [0.3, 0.4) is 0 Å². The van der Waals surface area contributed by atoms with E-state index in [1.807, 2.05) is 30.3 Å². The number of rotatable bonds is 8. The lowest BCUT2D eigenvalue weighted by Crippen LogP contribution is -2.12. The molecule has 0 bridgehead atoms. The summed E-state index contributed by atoms with van der Waals surface area (Å²) in [5.74, 6) is 1.22. The van der Waals surface area contributed by atoms with Gasteiger partial charge in [-0.15, -0.1) is 10.2 Å². The van der Waals surface area contributed by atoms with E-state index in [0.717, 1.165) is 23.4 Å². The molecule has 26 heavy (non-hydrogen) atoms. The maximum atomic E-state index is 12.1. The van der Waals surface area contributed by atoms with Crippen molar-refractivity contribution in [3.8, 4) is 11.4 Å². The molecule has 2 aromatic heterocycles. The fourth-order valence-corrected chi connectivity index (χ4v) is 3.58. The summed E-state index contributed by atoms with van der Waals surface area (Å²) in [6.45, 7) is 4.25. The maximum Gasteiger partial charge on any atom is 0.227 e. The quantitative estimate of drug-likeness (QED) is 0.642. The fourth-order valence-electron chi connectivity index (χ4n) is 2.55. The molecule has 0 unspecified atom stereocenters. The van der Waals surface area contributed by atoms with Crippen LogP contribution in [0.1, 0.15) is 49.9 Å². The first-order valence-electron chi connectivity index (χ1n) is 8.70. The average molecular weight is 371 g/mol. The van der Waals surface area contributed by atoms with Crippen molar-refractivity contribution in [1.82, 2.24) is 20.3 Å².